The number of nitrogens with one attached hydrogen (secondary N) is 1. The molecule has 2 aromatic rings. The number of benzene rings is 1. The fourth-order valence-electron chi connectivity index (χ4n) is 2.33. The molecule has 0 saturated heterocycles. The number of aromatic amines is 1. The molecule has 1 aromatic heterocycles. The largest absolute Gasteiger partial charge is 0.341 e. The summed E-state index contributed by atoms with van der Waals surface area (Å²) in [5.74, 6) is 0.381. The maximum absolute atomic E-state index is 12.1. The van der Waals surface area contributed by atoms with E-state index in [4.69, 9.17) is 0 Å². The molecule has 0 fully saturated rings. The Bertz CT molecular complexity index is 716. The first-order valence-electron chi connectivity index (χ1n) is 7.23. The minimum absolute atomic E-state index is 0.0633. The molecule has 0 aliphatic heterocycles. The molecule has 0 aliphatic rings. The molecular weight excluding hydrogens is 264 g/mol. The Kier molecular flexibility index (Phi) is 4.46. The van der Waals surface area contributed by atoms with Crippen LogP contribution in [0, 0.1) is 12.8 Å². The zero-order valence-electron chi connectivity index (χ0n) is 13.1. The molecule has 1 aromatic carbocycles. The van der Waals surface area contributed by atoms with Gasteiger partial charge in [-0.05, 0) is 35.9 Å². The molecule has 4 nitrogen and oxygen atoms in total. The lowest BCUT2D eigenvalue weighted by molar-refractivity contribution is -0.131. The molecule has 1 amide bonds. The van der Waals surface area contributed by atoms with E-state index < -0.39 is 0 Å². The Morgan fingerprint density at radius 2 is 2.00 bits per heavy atom. The van der Waals surface area contributed by atoms with Crippen molar-refractivity contribution < 1.29 is 4.79 Å². The Morgan fingerprint density at radius 3 is 2.67 bits per heavy atom. The van der Waals surface area contributed by atoms with Crippen molar-refractivity contribution in [3.8, 4) is 0 Å². The third kappa shape index (κ3) is 3.72. The van der Waals surface area contributed by atoms with Crippen molar-refractivity contribution in [2.24, 2.45) is 5.92 Å². The van der Waals surface area contributed by atoms with Gasteiger partial charge in [0.05, 0.1) is 6.54 Å². The van der Waals surface area contributed by atoms with Crippen LogP contribution in [0.15, 0.2) is 29.1 Å². The van der Waals surface area contributed by atoms with Crippen LogP contribution < -0.4 is 5.56 Å². The molecular formula is C17H22N2O2. The van der Waals surface area contributed by atoms with Crippen LogP contribution >= 0.6 is 0 Å². The van der Waals surface area contributed by atoms with Crippen LogP contribution in [0.3, 0.4) is 0 Å². The van der Waals surface area contributed by atoms with Gasteiger partial charge in [0.25, 0.3) is 5.56 Å². The van der Waals surface area contributed by atoms with Gasteiger partial charge >= 0.3 is 0 Å². The van der Waals surface area contributed by atoms with E-state index >= 15 is 0 Å². The third-order valence-electron chi connectivity index (χ3n) is 3.49. The summed E-state index contributed by atoms with van der Waals surface area (Å²) in [6.07, 6.45) is 0.501. The number of hydrogen-bond acceptors (Lipinski definition) is 2. The summed E-state index contributed by atoms with van der Waals surface area (Å²) >= 11 is 0. The number of hydrogen-bond donors (Lipinski definition) is 1. The summed E-state index contributed by atoms with van der Waals surface area (Å²) in [5.41, 5.74) is 2.43. The number of amides is 1. The Labute approximate surface area is 124 Å². The maximum Gasteiger partial charge on any atom is 0.253 e. The molecule has 0 radical (unpaired) electrons. The number of aromatic nitrogens is 1. The maximum atomic E-state index is 12.1. The average Bonchev–Trinajstić information content (AvgIpc) is 2.39. The topological polar surface area (TPSA) is 53.2 Å². The Morgan fingerprint density at radius 1 is 1.29 bits per heavy atom. The highest BCUT2D eigenvalue weighted by Gasteiger charge is 2.13. The molecule has 1 N–H and O–H groups in total. The Balaban J connectivity index is 2.26. The number of H-pyrrole nitrogens is 1. The van der Waals surface area contributed by atoms with E-state index in [-0.39, 0.29) is 11.5 Å². The van der Waals surface area contributed by atoms with Crippen LogP contribution in [0.1, 0.15) is 31.4 Å². The van der Waals surface area contributed by atoms with Crippen molar-refractivity contribution in [1.82, 2.24) is 9.88 Å². The molecule has 0 unspecified atom stereocenters. The molecule has 0 atom stereocenters. The lowest BCUT2D eigenvalue weighted by atomic mass is 10.1. The molecule has 4 heteroatoms. The van der Waals surface area contributed by atoms with Gasteiger partial charge in [-0.2, -0.15) is 0 Å². The number of nitrogens with zero attached hydrogens (tertiary/aromatic N) is 1. The zero-order valence-corrected chi connectivity index (χ0v) is 13.1. The van der Waals surface area contributed by atoms with Gasteiger partial charge in [0.15, 0.2) is 0 Å². The minimum Gasteiger partial charge on any atom is -0.341 e. The molecule has 2 rings (SSSR count). The first-order valence-corrected chi connectivity index (χ1v) is 7.23. The Hall–Kier alpha value is -2.10. The van der Waals surface area contributed by atoms with Gasteiger partial charge in [-0.3, -0.25) is 9.59 Å². The van der Waals surface area contributed by atoms with Crippen molar-refractivity contribution >= 4 is 16.8 Å². The quantitative estimate of drug-likeness (QED) is 0.939. The minimum atomic E-state index is -0.128. The van der Waals surface area contributed by atoms with E-state index in [1.165, 1.54) is 0 Å². The predicted octanol–water partition coefficient (Wildman–Crippen LogP) is 2.84. The van der Waals surface area contributed by atoms with Crippen LogP contribution in [0.2, 0.25) is 0 Å². The van der Waals surface area contributed by atoms with Crippen LogP contribution in [-0.2, 0) is 11.3 Å². The normalized spacial score (nSPS) is 11.1. The first kappa shape index (κ1) is 15.3. The second-order valence-electron chi connectivity index (χ2n) is 6.06. The van der Waals surface area contributed by atoms with Crippen LogP contribution in [-0.4, -0.2) is 22.8 Å². The highest BCUT2D eigenvalue weighted by Crippen LogP contribution is 2.14. The number of pyridine rings is 1. The molecule has 1 heterocycles. The van der Waals surface area contributed by atoms with Crippen molar-refractivity contribution in [2.75, 3.05) is 7.05 Å². The van der Waals surface area contributed by atoms with E-state index in [0.29, 0.717) is 24.4 Å². The summed E-state index contributed by atoms with van der Waals surface area (Å²) in [6, 6.07) is 7.82. The van der Waals surface area contributed by atoms with Crippen LogP contribution in [0.25, 0.3) is 10.9 Å². The standard InChI is InChI=1S/C17H22N2O2/c1-11(2)7-16(20)19(4)10-14-9-13-6-5-12(3)8-15(13)18-17(14)21/h5-6,8-9,11H,7,10H2,1-4H3,(H,18,21). The van der Waals surface area contributed by atoms with Gasteiger partial charge in [0.2, 0.25) is 5.91 Å². The van der Waals surface area contributed by atoms with E-state index in [2.05, 4.69) is 4.98 Å². The molecule has 0 saturated carbocycles. The summed E-state index contributed by atoms with van der Waals surface area (Å²) in [5, 5.41) is 0.986. The highest BCUT2D eigenvalue weighted by atomic mass is 16.2. The molecule has 0 bridgehead atoms. The molecule has 0 spiro atoms. The smallest absolute Gasteiger partial charge is 0.253 e. The van der Waals surface area contributed by atoms with Gasteiger partial charge in [-0.1, -0.05) is 26.0 Å². The average molecular weight is 286 g/mol. The van der Waals surface area contributed by atoms with E-state index in [1.807, 2.05) is 45.0 Å². The summed E-state index contributed by atoms with van der Waals surface area (Å²) in [6.45, 7) is 6.35. The SMILES string of the molecule is Cc1ccc2cc(CN(C)C(=O)CC(C)C)c(=O)[nH]c2c1. The number of carbonyl (C=O) groups excluding carboxylic acids is 1. The van der Waals surface area contributed by atoms with Crippen LogP contribution in [0.4, 0.5) is 0 Å². The monoisotopic (exact) mass is 286 g/mol. The summed E-state index contributed by atoms with van der Waals surface area (Å²) in [7, 11) is 1.74. The lowest BCUT2D eigenvalue weighted by Crippen LogP contribution is -2.29. The number of fused-ring (bicyclic) bond motifs is 1. The van der Waals surface area contributed by atoms with E-state index in [1.54, 1.807) is 11.9 Å². The third-order valence-corrected chi connectivity index (χ3v) is 3.49. The molecule has 112 valence electrons. The second kappa shape index (κ2) is 6.12. The predicted molar refractivity (Wildman–Crippen MR) is 85.2 cm³/mol. The number of rotatable bonds is 4. The zero-order chi connectivity index (χ0) is 15.6. The second-order valence-corrected chi connectivity index (χ2v) is 6.06. The van der Waals surface area contributed by atoms with Crippen molar-refractivity contribution in [1.29, 1.82) is 0 Å². The molecule has 21 heavy (non-hydrogen) atoms. The van der Waals surface area contributed by atoms with Crippen molar-refractivity contribution in [3.05, 3.63) is 45.7 Å². The van der Waals surface area contributed by atoms with Gasteiger partial charge in [0, 0.05) is 24.5 Å². The molecule has 0 aliphatic carbocycles. The van der Waals surface area contributed by atoms with E-state index in [0.717, 1.165) is 16.5 Å². The van der Waals surface area contributed by atoms with Gasteiger partial charge in [-0.15, -0.1) is 0 Å². The van der Waals surface area contributed by atoms with Crippen molar-refractivity contribution in [3.63, 3.8) is 0 Å². The fraction of sp³-hybridized carbons (Fsp3) is 0.412. The van der Waals surface area contributed by atoms with Crippen LogP contribution in [0.5, 0.6) is 0 Å². The highest BCUT2D eigenvalue weighted by molar-refractivity contribution is 5.80. The van der Waals surface area contributed by atoms with Gasteiger partial charge < -0.3 is 9.88 Å². The fourth-order valence-corrected chi connectivity index (χ4v) is 2.33. The number of carbonyl (C=O) groups is 1. The summed E-state index contributed by atoms with van der Waals surface area (Å²) < 4.78 is 0. The summed E-state index contributed by atoms with van der Waals surface area (Å²) in [4.78, 5) is 28.6. The first-order chi connectivity index (χ1) is 9.86. The van der Waals surface area contributed by atoms with Gasteiger partial charge in [0.1, 0.15) is 0 Å². The van der Waals surface area contributed by atoms with E-state index in [9.17, 15) is 9.59 Å². The van der Waals surface area contributed by atoms with Crippen molar-refractivity contribution in [2.45, 2.75) is 33.7 Å². The number of aryl methyl sites for hydroxylation is 1. The lowest BCUT2D eigenvalue weighted by Gasteiger charge is -2.18. The van der Waals surface area contributed by atoms with Gasteiger partial charge in [-0.25, -0.2) is 0 Å².